The molecule has 2 aliphatic heterocycles. The molecule has 0 unspecified atom stereocenters. The van der Waals surface area contributed by atoms with Gasteiger partial charge in [-0.15, -0.1) is 0 Å². The van der Waals surface area contributed by atoms with E-state index in [4.69, 9.17) is 4.74 Å². The van der Waals surface area contributed by atoms with Crippen molar-refractivity contribution in [1.82, 2.24) is 15.5 Å². The molecule has 1 atom stereocenters. The minimum Gasteiger partial charge on any atom is -0.489 e. The molecule has 2 aromatic rings. The molecular weight excluding hydrogens is 328 g/mol. The summed E-state index contributed by atoms with van der Waals surface area (Å²) in [6, 6.07) is 6.37. The number of benzene rings is 1. The van der Waals surface area contributed by atoms with Crippen LogP contribution in [0.5, 0.6) is 5.75 Å². The Labute approximate surface area is 153 Å². The highest BCUT2D eigenvalue weighted by Gasteiger charge is 2.25. The molecule has 1 fully saturated rings. The SMILES string of the molecule is CC(C)c1c(N2Cc3ccc(O[C@@H]4CCCNC4)cc3C2)cn[nH]c1=O. The maximum absolute atomic E-state index is 12.2. The highest BCUT2D eigenvalue weighted by Crippen LogP contribution is 2.33. The number of H-pyrrole nitrogens is 1. The first-order valence-corrected chi connectivity index (χ1v) is 9.43. The minimum atomic E-state index is -0.0951. The van der Waals surface area contributed by atoms with Crippen molar-refractivity contribution in [3.8, 4) is 5.75 Å². The van der Waals surface area contributed by atoms with Crippen LogP contribution >= 0.6 is 0 Å². The van der Waals surface area contributed by atoms with E-state index >= 15 is 0 Å². The van der Waals surface area contributed by atoms with Gasteiger partial charge in [0.15, 0.2) is 0 Å². The van der Waals surface area contributed by atoms with E-state index in [0.717, 1.165) is 56.0 Å². The molecule has 0 aliphatic carbocycles. The van der Waals surface area contributed by atoms with Crippen molar-refractivity contribution < 1.29 is 4.74 Å². The molecule has 2 N–H and O–H groups in total. The van der Waals surface area contributed by atoms with Crippen molar-refractivity contribution in [3.05, 3.63) is 51.4 Å². The van der Waals surface area contributed by atoms with Crippen molar-refractivity contribution >= 4 is 5.69 Å². The molecule has 26 heavy (non-hydrogen) atoms. The number of ether oxygens (including phenoxy) is 1. The zero-order chi connectivity index (χ0) is 18.1. The van der Waals surface area contributed by atoms with Gasteiger partial charge in [-0.25, -0.2) is 5.10 Å². The van der Waals surface area contributed by atoms with Crippen molar-refractivity contribution in [1.29, 1.82) is 0 Å². The summed E-state index contributed by atoms with van der Waals surface area (Å²) in [4.78, 5) is 14.4. The third-order valence-corrected chi connectivity index (χ3v) is 5.25. The molecule has 0 amide bonds. The number of nitrogens with one attached hydrogen (secondary N) is 2. The maximum Gasteiger partial charge on any atom is 0.269 e. The number of rotatable bonds is 4. The predicted octanol–water partition coefficient (Wildman–Crippen LogP) is 2.54. The van der Waals surface area contributed by atoms with Crippen LogP contribution in [0.25, 0.3) is 0 Å². The van der Waals surface area contributed by atoms with Gasteiger partial charge >= 0.3 is 0 Å². The summed E-state index contributed by atoms with van der Waals surface area (Å²) >= 11 is 0. The van der Waals surface area contributed by atoms with E-state index in [9.17, 15) is 4.79 Å². The van der Waals surface area contributed by atoms with Gasteiger partial charge in [-0.2, -0.15) is 5.10 Å². The average Bonchev–Trinajstić information content (AvgIpc) is 3.05. The zero-order valence-corrected chi connectivity index (χ0v) is 15.4. The molecule has 6 nitrogen and oxygen atoms in total. The second-order valence-electron chi connectivity index (χ2n) is 7.53. The lowest BCUT2D eigenvalue weighted by atomic mass is 10.0. The summed E-state index contributed by atoms with van der Waals surface area (Å²) in [6.45, 7) is 7.66. The minimum absolute atomic E-state index is 0.0951. The van der Waals surface area contributed by atoms with Gasteiger partial charge in [-0.1, -0.05) is 19.9 Å². The topological polar surface area (TPSA) is 70.2 Å². The number of hydrogen-bond donors (Lipinski definition) is 2. The standard InChI is InChI=1S/C20H26N4O2/c1-13(2)19-18(10-22-23-20(19)25)24-11-14-5-6-16(8-15(14)12-24)26-17-4-3-7-21-9-17/h5-6,8,10,13,17,21H,3-4,7,9,11-12H2,1-2H3,(H,23,25)/t17-/m1/s1. The number of aromatic amines is 1. The van der Waals surface area contributed by atoms with Crippen LogP contribution in [0.1, 0.15) is 49.3 Å². The number of aromatic nitrogens is 2. The predicted molar refractivity (Wildman–Crippen MR) is 102 cm³/mol. The molecule has 0 saturated carbocycles. The molecule has 3 heterocycles. The molecule has 4 rings (SSSR count). The maximum atomic E-state index is 12.2. The van der Waals surface area contributed by atoms with Gasteiger partial charge in [0.25, 0.3) is 5.56 Å². The molecule has 1 saturated heterocycles. The smallest absolute Gasteiger partial charge is 0.269 e. The van der Waals surface area contributed by atoms with Gasteiger partial charge in [0.05, 0.1) is 11.9 Å². The Kier molecular flexibility index (Phi) is 4.68. The van der Waals surface area contributed by atoms with E-state index < -0.39 is 0 Å². The summed E-state index contributed by atoms with van der Waals surface area (Å²) in [5.74, 6) is 1.09. The fourth-order valence-electron chi connectivity index (χ4n) is 3.94. The Hall–Kier alpha value is -2.34. The van der Waals surface area contributed by atoms with Gasteiger partial charge in [0.2, 0.25) is 0 Å². The van der Waals surface area contributed by atoms with Crippen molar-refractivity contribution in [2.75, 3.05) is 18.0 Å². The summed E-state index contributed by atoms with van der Waals surface area (Å²) < 4.78 is 6.15. The van der Waals surface area contributed by atoms with E-state index in [2.05, 4.69) is 38.6 Å². The molecular formula is C20H26N4O2. The van der Waals surface area contributed by atoms with Gasteiger partial charge in [-0.05, 0) is 48.6 Å². The fraction of sp³-hybridized carbons (Fsp3) is 0.500. The molecule has 1 aromatic heterocycles. The number of piperidine rings is 1. The van der Waals surface area contributed by atoms with E-state index in [1.165, 1.54) is 11.1 Å². The molecule has 2 aliphatic rings. The Bertz CT molecular complexity index is 840. The van der Waals surface area contributed by atoms with Crippen LogP contribution in [-0.2, 0) is 13.1 Å². The third-order valence-electron chi connectivity index (χ3n) is 5.25. The lowest BCUT2D eigenvalue weighted by molar-refractivity contribution is 0.167. The Morgan fingerprint density at radius 3 is 2.88 bits per heavy atom. The molecule has 0 radical (unpaired) electrons. The summed E-state index contributed by atoms with van der Waals surface area (Å²) in [6.07, 6.45) is 4.29. The lowest BCUT2D eigenvalue weighted by Crippen LogP contribution is -2.37. The molecule has 0 bridgehead atoms. The molecule has 138 valence electrons. The second-order valence-corrected chi connectivity index (χ2v) is 7.53. The third kappa shape index (κ3) is 3.33. The Balaban J connectivity index is 1.54. The number of hydrogen-bond acceptors (Lipinski definition) is 5. The van der Waals surface area contributed by atoms with Gasteiger partial charge in [-0.3, -0.25) is 4.79 Å². The molecule has 1 aromatic carbocycles. The fourth-order valence-corrected chi connectivity index (χ4v) is 3.94. The van der Waals surface area contributed by atoms with Crippen molar-refractivity contribution in [2.45, 2.75) is 51.8 Å². The zero-order valence-electron chi connectivity index (χ0n) is 15.4. The summed E-state index contributed by atoms with van der Waals surface area (Å²) in [5, 5.41) is 9.97. The first kappa shape index (κ1) is 17.1. The van der Waals surface area contributed by atoms with E-state index in [0.29, 0.717) is 0 Å². The van der Waals surface area contributed by atoms with Gasteiger partial charge < -0.3 is 15.0 Å². The first-order chi connectivity index (χ1) is 12.6. The van der Waals surface area contributed by atoms with Crippen molar-refractivity contribution in [3.63, 3.8) is 0 Å². The quantitative estimate of drug-likeness (QED) is 0.883. The first-order valence-electron chi connectivity index (χ1n) is 9.43. The number of anilines is 1. The Morgan fingerprint density at radius 2 is 2.12 bits per heavy atom. The van der Waals surface area contributed by atoms with E-state index in [1.54, 1.807) is 6.20 Å². The average molecular weight is 354 g/mol. The Morgan fingerprint density at radius 1 is 1.27 bits per heavy atom. The van der Waals surface area contributed by atoms with Crippen LogP contribution in [0.4, 0.5) is 5.69 Å². The summed E-state index contributed by atoms with van der Waals surface area (Å²) in [7, 11) is 0. The van der Waals surface area contributed by atoms with Crippen LogP contribution in [0.15, 0.2) is 29.2 Å². The lowest BCUT2D eigenvalue weighted by Gasteiger charge is -2.24. The van der Waals surface area contributed by atoms with Gasteiger partial charge in [0, 0.05) is 25.2 Å². The number of fused-ring (bicyclic) bond motifs is 1. The summed E-state index contributed by atoms with van der Waals surface area (Å²) in [5.41, 5.74) is 4.19. The highest BCUT2D eigenvalue weighted by atomic mass is 16.5. The largest absolute Gasteiger partial charge is 0.489 e. The van der Waals surface area contributed by atoms with Crippen LogP contribution in [0.2, 0.25) is 0 Å². The second kappa shape index (κ2) is 7.11. The molecule has 6 heteroatoms. The van der Waals surface area contributed by atoms with Crippen LogP contribution in [0.3, 0.4) is 0 Å². The normalized spacial score (nSPS) is 19.7. The van der Waals surface area contributed by atoms with E-state index in [1.807, 2.05) is 13.8 Å². The van der Waals surface area contributed by atoms with Crippen LogP contribution in [-0.4, -0.2) is 29.4 Å². The van der Waals surface area contributed by atoms with Crippen LogP contribution < -0.4 is 20.5 Å². The van der Waals surface area contributed by atoms with E-state index in [-0.39, 0.29) is 17.6 Å². The van der Waals surface area contributed by atoms with Crippen LogP contribution in [0, 0.1) is 0 Å². The van der Waals surface area contributed by atoms with Gasteiger partial charge in [0.1, 0.15) is 11.9 Å². The number of nitrogens with zero attached hydrogens (tertiary/aromatic N) is 2. The monoisotopic (exact) mass is 354 g/mol. The van der Waals surface area contributed by atoms with Crippen molar-refractivity contribution in [2.24, 2.45) is 0 Å². The highest BCUT2D eigenvalue weighted by molar-refractivity contribution is 5.56. The molecule has 0 spiro atoms.